The van der Waals surface area contributed by atoms with Gasteiger partial charge in [-0.05, 0) is 39.0 Å². The average Bonchev–Trinajstić information content (AvgIpc) is 3.22. The number of nitrogens with one attached hydrogen (secondary N) is 1. The van der Waals surface area contributed by atoms with E-state index >= 15 is 0 Å². The number of thiazole rings is 1. The summed E-state index contributed by atoms with van der Waals surface area (Å²) in [7, 11) is 0. The van der Waals surface area contributed by atoms with Crippen molar-refractivity contribution < 1.29 is 18.7 Å². The molecular formula is C22H29FN4O3S. The van der Waals surface area contributed by atoms with Crippen LogP contribution in [0.5, 0.6) is 0 Å². The number of benzene rings is 1. The minimum absolute atomic E-state index is 0.0393. The van der Waals surface area contributed by atoms with Gasteiger partial charge in [-0.15, -0.1) is 11.3 Å². The fourth-order valence-corrected chi connectivity index (χ4v) is 4.34. The molecule has 168 valence electrons. The maximum Gasteiger partial charge on any atom is 0.241 e. The summed E-state index contributed by atoms with van der Waals surface area (Å²) >= 11 is 1.51. The first kappa shape index (κ1) is 23.3. The third-order valence-electron chi connectivity index (χ3n) is 5.35. The number of halogens is 1. The van der Waals surface area contributed by atoms with Crippen molar-refractivity contribution in [3.05, 3.63) is 46.2 Å². The molecule has 7 nitrogen and oxygen atoms in total. The molecule has 2 heterocycles. The van der Waals surface area contributed by atoms with Gasteiger partial charge in [-0.3, -0.25) is 14.5 Å². The SMILES string of the molecule is CCOC(C)c1nc(CC(=O)N2CCN(C(C)C(=O)Nc3cccc(F)c3)CC2)cs1. The average molecular weight is 449 g/mol. The molecule has 1 N–H and O–H groups in total. The maximum absolute atomic E-state index is 13.3. The molecule has 1 aliphatic heterocycles. The molecule has 2 unspecified atom stereocenters. The zero-order valence-corrected chi connectivity index (χ0v) is 19.0. The molecule has 0 bridgehead atoms. The predicted octanol–water partition coefficient (Wildman–Crippen LogP) is 3.09. The fourth-order valence-electron chi connectivity index (χ4n) is 3.52. The van der Waals surface area contributed by atoms with Crippen LogP contribution in [0.4, 0.5) is 10.1 Å². The zero-order chi connectivity index (χ0) is 22.4. The van der Waals surface area contributed by atoms with Crippen molar-refractivity contribution in [3.8, 4) is 0 Å². The van der Waals surface area contributed by atoms with Crippen molar-refractivity contribution in [2.75, 3.05) is 38.1 Å². The Balaban J connectivity index is 1.47. The van der Waals surface area contributed by atoms with Crippen molar-refractivity contribution in [3.63, 3.8) is 0 Å². The van der Waals surface area contributed by atoms with Crippen molar-refractivity contribution >= 4 is 28.8 Å². The van der Waals surface area contributed by atoms with E-state index in [0.717, 1.165) is 10.7 Å². The van der Waals surface area contributed by atoms with E-state index < -0.39 is 5.82 Å². The fraction of sp³-hybridized carbons (Fsp3) is 0.500. The number of hydrogen-bond acceptors (Lipinski definition) is 6. The Labute approximate surface area is 186 Å². The highest BCUT2D eigenvalue weighted by molar-refractivity contribution is 7.09. The Morgan fingerprint density at radius 3 is 2.68 bits per heavy atom. The summed E-state index contributed by atoms with van der Waals surface area (Å²) in [5.41, 5.74) is 1.20. The summed E-state index contributed by atoms with van der Waals surface area (Å²) < 4.78 is 18.9. The molecule has 2 aromatic rings. The number of carbonyl (C=O) groups excluding carboxylic acids is 2. The molecule has 31 heavy (non-hydrogen) atoms. The monoisotopic (exact) mass is 448 g/mol. The lowest BCUT2D eigenvalue weighted by atomic mass is 10.2. The number of ether oxygens (including phenoxy) is 1. The second kappa shape index (κ2) is 10.8. The number of hydrogen-bond donors (Lipinski definition) is 1. The maximum atomic E-state index is 13.3. The van der Waals surface area contributed by atoms with Gasteiger partial charge in [0, 0.05) is 43.9 Å². The summed E-state index contributed by atoms with van der Waals surface area (Å²) in [6, 6.07) is 5.47. The molecule has 2 atom stereocenters. The molecule has 0 saturated carbocycles. The second-order valence-corrected chi connectivity index (χ2v) is 8.43. The van der Waals surface area contributed by atoms with Crippen molar-refractivity contribution in [2.24, 2.45) is 0 Å². The Kier molecular flexibility index (Phi) is 8.11. The number of carbonyl (C=O) groups is 2. The van der Waals surface area contributed by atoms with Crippen LogP contribution in [0.25, 0.3) is 0 Å². The van der Waals surface area contributed by atoms with E-state index in [-0.39, 0.29) is 30.4 Å². The Morgan fingerprint density at radius 1 is 1.26 bits per heavy atom. The van der Waals surface area contributed by atoms with Gasteiger partial charge in [0.25, 0.3) is 0 Å². The molecular weight excluding hydrogens is 419 g/mol. The second-order valence-electron chi connectivity index (χ2n) is 7.54. The quantitative estimate of drug-likeness (QED) is 0.672. The largest absolute Gasteiger partial charge is 0.372 e. The smallest absolute Gasteiger partial charge is 0.241 e. The van der Waals surface area contributed by atoms with E-state index in [4.69, 9.17) is 4.74 Å². The number of rotatable bonds is 8. The van der Waals surface area contributed by atoms with E-state index in [9.17, 15) is 14.0 Å². The zero-order valence-electron chi connectivity index (χ0n) is 18.1. The molecule has 1 aromatic heterocycles. The normalized spacial score (nSPS) is 16.7. The van der Waals surface area contributed by atoms with Gasteiger partial charge in [-0.1, -0.05) is 6.07 Å². The van der Waals surface area contributed by atoms with Crippen LogP contribution in [-0.2, 0) is 20.7 Å². The summed E-state index contributed by atoms with van der Waals surface area (Å²) in [4.78, 5) is 33.6. The van der Waals surface area contributed by atoms with Gasteiger partial charge in [0.1, 0.15) is 16.9 Å². The van der Waals surface area contributed by atoms with Gasteiger partial charge >= 0.3 is 0 Å². The molecule has 3 rings (SSSR count). The lowest BCUT2D eigenvalue weighted by molar-refractivity contribution is -0.133. The molecule has 9 heteroatoms. The molecule has 0 spiro atoms. The van der Waals surface area contributed by atoms with Crippen LogP contribution < -0.4 is 5.32 Å². The number of aromatic nitrogens is 1. The van der Waals surface area contributed by atoms with Crippen LogP contribution in [0.1, 0.15) is 37.6 Å². The lowest BCUT2D eigenvalue weighted by Crippen LogP contribution is -2.54. The highest BCUT2D eigenvalue weighted by atomic mass is 32.1. The van der Waals surface area contributed by atoms with Gasteiger partial charge in [0.15, 0.2) is 0 Å². The third kappa shape index (κ3) is 6.32. The lowest BCUT2D eigenvalue weighted by Gasteiger charge is -2.37. The first-order valence-electron chi connectivity index (χ1n) is 10.5. The topological polar surface area (TPSA) is 74.8 Å². The van der Waals surface area contributed by atoms with E-state index in [0.29, 0.717) is 38.5 Å². The Hall–Kier alpha value is -2.36. The first-order valence-corrected chi connectivity index (χ1v) is 11.4. The number of amides is 2. The number of anilines is 1. The molecule has 0 aliphatic carbocycles. The molecule has 1 saturated heterocycles. The van der Waals surface area contributed by atoms with Crippen molar-refractivity contribution in [1.82, 2.24) is 14.8 Å². The van der Waals surface area contributed by atoms with E-state index in [1.807, 2.05) is 36.0 Å². The number of piperazine rings is 1. The highest BCUT2D eigenvalue weighted by Crippen LogP contribution is 2.22. The minimum atomic E-state index is -0.392. The van der Waals surface area contributed by atoms with Crippen molar-refractivity contribution in [1.29, 1.82) is 0 Å². The van der Waals surface area contributed by atoms with Crippen LogP contribution in [0, 0.1) is 5.82 Å². The molecule has 2 amide bonds. The predicted molar refractivity (Wildman–Crippen MR) is 119 cm³/mol. The van der Waals surface area contributed by atoms with Crippen LogP contribution in [0.2, 0.25) is 0 Å². The highest BCUT2D eigenvalue weighted by Gasteiger charge is 2.28. The molecule has 1 aromatic carbocycles. The summed E-state index contributed by atoms with van der Waals surface area (Å²) in [5, 5.41) is 5.54. The third-order valence-corrected chi connectivity index (χ3v) is 6.41. The standard InChI is InChI=1S/C22H29FN4O3S/c1-4-30-16(3)22-25-19(14-31-22)13-20(28)27-10-8-26(9-11-27)15(2)21(29)24-18-7-5-6-17(23)12-18/h5-7,12,14-16H,4,8-11,13H2,1-3H3,(H,24,29). The summed E-state index contributed by atoms with van der Waals surface area (Å²) in [6.07, 6.45) is 0.202. The van der Waals surface area contributed by atoms with Gasteiger partial charge < -0.3 is 15.0 Å². The Morgan fingerprint density at radius 2 is 2.00 bits per heavy atom. The first-order chi connectivity index (χ1) is 14.9. The van der Waals surface area contributed by atoms with Gasteiger partial charge in [-0.25, -0.2) is 9.37 Å². The van der Waals surface area contributed by atoms with E-state index in [1.54, 1.807) is 12.1 Å². The van der Waals surface area contributed by atoms with Gasteiger partial charge in [-0.2, -0.15) is 0 Å². The van der Waals surface area contributed by atoms with Crippen molar-refractivity contribution in [2.45, 2.75) is 39.3 Å². The molecule has 1 fully saturated rings. The molecule has 1 aliphatic rings. The summed E-state index contributed by atoms with van der Waals surface area (Å²) in [5.74, 6) is -0.543. The van der Waals surface area contributed by atoms with Gasteiger partial charge in [0.05, 0.1) is 18.2 Å². The van der Waals surface area contributed by atoms with Crippen LogP contribution in [0.3, 0.4) is 0 Å². The van der Waals surface area contributed by atoms with E-state index in [1.165, 1.54) is 23.5 Å². The number of nitrogens with zero attached hydrogens (tertiary/aromatic N) is 3. The van der Waals surface area contributed by atoms with Gasteiger partial charge in [0.2, 0.25) is 11.8 Å². The van der Waals surface area contributed by atoms with Crippen LogP contribution in [-0.4, -0.2) is 65.4 Å². The molecule has 0 radical (unpaired) electrons. The summed E-state index contributed by atoms with van der Waals surface area (Å²) in [6.45, 7) is 8.67. The minimum Gasteiger partial charge on any atom is -0.372 e. The van der Waals surface area contributed by atoms with Crippen LogP contribution in [0.15, 0.2) is 29.6 Å². The van der Waals surface area contributed by atoms with Crippen LogP contribution >= 0.6 is 11.3 Å². The van der Waals surface area contributed by atoms with E-state index in [2.05, 4.69) is 10.3 Å². The Bertz CT molecular complexity index is 898.